The molecule has 0 unspecified atom stereocenters. The molecular formula is C10H9ClN4O. The maximum Gasteiger partial charge on any atom is 0.259 e. The lowest BCUT2D eigenvalue weighted by atomic mass is 10.2. The van der Waals surface area contributed by atoms with Crippen LogP contribution in [-0.4, -0.2) is 24.6 Å². The fourth-order valence-corrected chi connectivity index (χ4v) is 1.42. The number of amides is 1. The van der Waals surface area contributed by atoms with Gasteiger partial charge in [0.1, 0.15) is 0 Å². The van der Waals surface area contributed by atoms with Crippen molar-refractivity contribution in [3.05, 3.63) is 34.9 Å². The summed E-state index contributed by atoms with van der Waals surface area (Å²) in [5.74, 6) is 0.0152. The van der Waals surface area contributed by atoms with Crippen LogP contribution in [0.15, 0.2) is 34.4 Å². The maximum atomic E-state index is 11.8. The smallest absolute Gasteiger partial charge is 0.259 e. The van der Waals surface area contributed by atoms with Crippen LogP contribution in [-0.2, 0) is 0 Å². The minimum absolute atomic E-state index is 0.311. The Kier molecular flexibility index (Phi) is 3.16. The number of carbonyl (C=O) groups is 1. The van der Waals surface area contributed by atoms with E-state index in [1.807, 2.05) is 0 Å². The number of hydrogen-bond acceptors (Lipinski definition) is 4. The summed E-state index contributed by atoms with van der Waals surface area (Å²) in [4.78, 5) is 15.8. The highest BCUT2D eigenvalue weighted by Crippen LogP contribution is 2.14. The Morgan fingerprint density at radius 3 is 2.94 bits per heavy atom. The summed E-state index contributed by atoms with van der Waals surface area (Å²) in [5, 5.41) is 6.75. The molecule has 0 saturated heterocycles. The number of carbonyl (C=O) groups excluding carboxylic acids is 1. The summed E-state index contributed by atoms with van der Waals surface area (Å²) in [6.45, 7) is 0.450. The molecule has 6 heteroatoms. The van der Waals surface area contributed by atoms with Crippen molar-refractivity contribution in [3.8, 4) is 0 Å². The topological polar surface area (TPSA) is 65.8 Å². The van der Waals surface area contributed by atoms with E-state index < -0.39 is 0 Å². The van der Waals surface area contributed by atoms with Gasteiger partial charge in [-0.05, 0) is 12.1 Å². The molecule has 1 aromatic rings. The zero-order chi connectivity index (χ0) is 11.4. The Balaban J connectivity index is 2.09. The number of hydrogen-bond donors (Lipinski definition) is 2. The molecule has 2 rings (SSSR count). The molecule has 82 valence electrons. The van der Waals surface area contributed by atoms with Crippen LogP contribution in [0.1, 0.15) is 10.4 Å². The third kappa shape index (κ3) is 2.38. The van der Waals surface area contributed by atoms with E-state index in [1.54, 1.807) is 30.5 Å². The van der Waals surface area contributed by atoms with Gasteiger partial charge in [-0.25, -0.2) is 10.4 Å². The fraction of sp³-hybridized carbons (Fsp3) is 0.100. The molecule has 0 radical (unpaired) electrons. The first-order chi connectivity index (χ1) is 7.77. The van der Waals surface area contributed by atoms with Gasteiger partial charge in [0.05, 0.1) is 17.1 Å². The Morgan fingerprint density at radius 1 is 1.44 bits per heavy atom. The largest absolute Gasteiger partial charge is 0.291 e. The zero-order valence-electron chi connectivity index (χ0n) is 8.27. The van der Waals surface area contributed by atoms with Crippen molar-refractivity contribution in [2.24, 2.45) is 10.1 Å². The summed E-state index contributed by atoms with van der Waals surface area (Å²) in [7, 11) is 0. The number of aliphatic imine (C=N–C) groups is 1. The van der Waals surface area contributed by atoms with Gasteiger partial charge in [0, 0.05) is 6.21 Å². The molecule has 1 heterocycles. The van der Waals surface area contributed by atoms with Crippen LogP contribution in [0.5, 0.6) is 0 Å². The van der Waals surface area contributed by atoms with Gasteiger partial charge in [0.25, 0.3) is 5.91 Å². The highest BCUT2D eigenvalue weighted by molar-refractivity contribution is 6.34. The molecule has 16 heavy (non-hydrogen) atoms. The third-order valence-corrected chi connectivity index (χ3v) is 2.27. The minimum atomic E-state index is -0.311. The lowest BCUT2D eigenvalue weighted by molar-refractivity contribution is 0.0976. The van der Waals surface area contributed by atoms with Crippen LogP contribution in [0.2, 0.25) is 5.02 Å². The van der Waals surface area contributed by atoms with Crippen molar-refractivity contribution in [1.82, 2.24) is 10.7 Å². The lowest BCUT2D eigenvalue weighted by Gasteiger charge is -2.10. The van der Waals surface area contributed by atoms with Crippen molar-refractivity contribution in [3.63, 3.8) is 0 Å². The van der Waals surface area contributed by atoms with Crippen LogP contribution >= 0.6 is 11.6 Å². The van der Waals surface area contributed by atoms with Gasteiger partial charge in [-0.1, -0.05) is 23.7 Å². The minimum Gasteiger partial charge on any atom is -0.291 e. The number of hydrazone groups is 1. The van der Waals surface area contributed by atoms with Gasteiger partial charge in [0.15, 0.2) is 0 Å². The van der Waals surface area contributed by atoms with E-state index in [2.05, 4.69) is 20.8 Å². The van der Waals surface area contributed by atoms with Crippen LogP contribution in [0, 0.1) is 0 Å². The van der Waals surface area contributed by atoms with Crippen LogP contribution in [0.3, 0.4) is 0 Å². The Bertz CT molecular complexity index is 470. The van der Waals surface area contributed by atoms with Crippen molar-refractivity contribution < 1.29 is 4.79 Å². The second-order valence-electron chi connectivity index (χ2n) is 3.05. The van der Waals surface area contributed by atoms with Crippen molar-refractivity contribution >= 4 is 29.7 Å². The van der Waals surface area contributed by atoms with Crippen LogP contribution in [0.4, 0.5) is 0 Å². The quantitative estimate of drug-likeness (QED) is 0.765. The first-order valence-corrected chi connectivity index (χ1v) is 5.03. The summed E-state index contributed by atoms with van der Waals surface area (Å²) in [6.07, 6.45) is 1.60. The Hall–Kier alpha value is -1.88. The molecule has 0 saturated carbocycles. The summed E-state index contributed by atoms with van der Waals surface area (Å²) >= 11 is 5.89. The van der Waals surface area contributed by atoms with E-state index in [9.17, 15) is 4.79 Å². The van der Waals surface area contributed by atoms with Crippen molar-refractivity contribution in [2.75, 3.05) is 6.54 Å². The van der Waals surface area contributed by atoms with Gasteiger partial charge in [0.2, 0.25) is 5.96 Å². The van der Waals surface area contributed by atoms with E-state index >= 15 is 0 Å². The van der Waals surface area contributed by atoms with Gasteiger partial charge in [-0.15, -0.1) is 0 Å². The molecule has 0 bridgehead atoms. The van der Waals surface area contributed by atoms with Crippen molar-refractivity contribution in [2.45, 2.75) is 0 Å². The SMILES string of the molecule is O=C(NC1=NCC=NN1)c1ccccc1Cl. The van der Waals surface area contributed by atoms with E-state index in [0.29, 0.717) is 23.1 Å². The number of halogens is 1. The monoisotopic (exact) mass is 236 g/mol. The van der Waals surface area contributed by atoms with E-state index in [-0.39, 0.29) is 5.91 Å². The molecule has 5 nitrogen and oxygen atoms in total. The molecule has 0 fully saturated rings. The highest BCUT2D eigenvalue weighted by atomic mass is 35.5. The van der Waals surface area contributed by atoms with E-state index in [4.69, 9.17) is 11.6 Å². The van der Waals surface area contributed by atoms with E-state index in [1.165, 1.54) is 0 Å². The number of nitrogens with one attached hydrogen (secondary N) is 2. The second kappa shape index (κ2) is 4.76. The Labute approximate surface area is 97.2 Å². The normalized spacial score (nSPS) is 13.9. The molecular weight excluding hydrogens is 228 g/mol. The van der Waals surface area contributed by atoms with Gasteiger partial charge in [-0.2, -0.15) is 5.10 Å². The summed E-state index contributed by atoms with van der Waals surface area (Å²) in [5.41, 5.74) is 2.99. The Morgan fingerprint density at radius 2 is 2.25 bits per heavy atom. The zero-order valence-corrected chi connectivity index (χ0v) is 9.03. The first-order valence-electron chi connectivity index (χ1n) is 4.65. The second-order valence-corrected chi connectivity index (χ2v) is 3.45. The third-order valence-electron chi connectivity index (χ3n) is 1.94. The summed E-state index contributed by atoms with van der Waals surface area (Å²) in [6, 6.07) is 6.81. The van der Waals surface area contributed by atoms with E-state index in [0.717, 1.165) is 0 Å². The van der Waals surface area contributed by atoms with Gasteiger partial charge < -0.3 is 0 Å². The molecule has 0 aromatic heterocycles. The number of rotatable bonds is 1. The average molecular weight is 237 g/mol. The number of guanidine groups is 1. The molecule has 1 aliphatic heterocycles. The van der Waals surface area contributed by atoms with Crippen molar-refractivity contribution in [1.29, 1.82) is 0 Å². The molecule has 0 spiro atoms. The van der Waals surface area contributed by atoms with Crippen LogP contribution < -0.4 is 10.7 Å². The highest BCUT2D eigenvalue weighted by Gasteiger charge is 2.12. The molecule has 2 N–H and O–H groups in total. The lowest BCUT2D eigenvalue weighted by Crippen LogP contribution is -2.40. The summed E-state index contributed by atoms with van der Waals surface area (Å²) < 4.78 is 0. The first kappa shape index (κ1) is 10.6. The molecule has 0 atom stereocenters. The number of nitrogens with zero attached hydrogens (tertiary/aromatic N) is 2. The molecule has 1 aromatic carbocycles. The van der Waals surface area contributed by atoms with Gasteiger partial charge in [-0.3, -0.25) is 10.1 Å². The molecule has 0 aliphatic carbocycles. The average Bonchev–Trinajstić information content (AvgIpc) is 2.31. The predicted molar refractivity (Wildman–Crippen MR) is 62.8 cm³/mol. The maximum absolute atomic E-state index is 11.8. The number of benzene rings is 1. The van der Waals surface area contributed by atoms with Gasteiger partial charge >= 0.3 is 0 Å². The standard InChI is InChI=1S/C10H9ClN4O/c11-8-4-2-1-3-7(8)9(16)14-10-12-5-6-13-15-10/h1-4,6H,5H2,(H2,12,14,15,16). The predicted octanol–water partition coefficient (Wildman–Crippen LogP) is 1.01. The van der Waals surface area contributed by atoms with Crippen LogP contribution in [0.25, 0.3) is 0 Å². The molecule has 1 amide bonds. The fourth-order valence-electron chi connectivity index (χ4n) is 1.20. The molecule has 1 aliphatic rings.